The molecule has 2 bridgehead atoms. The molecule has 2 saturated heterocycles. The number of hydrogen-bond donors (Lipinski definition) is 1. The number of benzene rings is 1. The first-order valence-electron chi connectivity index (χ1n) is 6.80. The largest absolute Gasteiger partial charge is 0.464 e. The Labute approximate surface area is 111 Å². The van der Waals surface area contributed by atoms with Crippen LogP contribution in [0.3, 0.4) is 0 Å². The Morgan fingerprint density at radius 3 is 3.05 bits per heavy atom. The van der Waals surface area contributed by atoms with Crippen LogP contribution in [0.25, 0.3) is 11.0 Å². The predicted octanol–water partition coefficient (Wildman–Crippen LogP) is 1.87. The normalized spacial score (nSPS) is 28.9. The number of rotatable bonds is 2. The van der Waals surface area contributed by atoms with E-state index < -0.39 is 0 Å². The molecule has 1 aromatic carbocycles. The van der Waals surface area contributed by atoms with Crippen LogP contribution >= 0.6 is 0 Å². The molecule has 2 fully saturated rings. The number of carbonyl (C=O) groups is 1. The summed E-state index contributed by atoms with van der Waals surface area (Å²) in [6, 6.07) is 7.82. The monoisotopic (exact) mass is 256 g/mol. The summed E-state index contributed by atoms with van der Waals surface area (Å²) in [6.07, 6.45) is 2.86. The van der Waals surface area contributed by atoms with Crippen molar-refractivity contribution in [2.24, 2.45) is 5.92 Å². The van der Waals surface area contributed by atoms with Gasteiger partial charge < -0.3 is 14.6 Å². The Hall–Kier alpha value is -1.81. The lowest BCUT2D eigenvalue weighted by molar-refractivity contribution is 0.0924. The minimum absolute atomic E-state index is 0.0112. The van der Waals surface area contributed by atoms with Gasteiger partial charge in [0.25, 0.3) is 5.91 Å². The van der Waals surface area contributed by atoms with Crippen LogP contribution in [0, 0.1) is 5.92 Å². The van der Waals surface area contributed by atoms with Crippen molar-refractivity contribution in [3.8, 4) is 0 Å². The number of piperidine rings is 1. The van der Waals surface area contributed by atoms with Crippen LogP contribution in [0.2, 0.25) is 0 Å². The van der Waals surface area contributed by atoms with E-state index in [2.05, 4.69) is 10.2 Å². The van der Waals surface area contributed by atoms with Crippen LogP contribution in [0.1, 0.15) is 16.8 Å². The molecular formula is C15H16N2O2. The van der Waals surface area contributed by atoms with Crippen molar-refractivity contribution in [1.29, 1.82) is 0 Å². The molecular weight excluding hydrogens is 240 g/mol. The maximum Gasteiger partial charge on any atom is 0.251 e. The molecule has 0 saturated carbocycles. The summed E-state index contributed by atoms with van der Waals surface area (Å²) < 4.78 is 5.34. The van der Waals surface area contributed by atoms with Crippen molar-refractivity contribution in [2.75, 3.05) is 19.6 Å². The molecule has 3 atom stereocenters. The van der Waals surface area contributed by atoms with E-state index >= 15 is 0 Å². The molecule has 1 amide bonds. The highest BCUT2D eigenvalue weighted by Crippen LogP contribution is 2.28. The smallest absolute Gasteiger partial charge is 0.251 e. The minimum atomic E-state index is 0.0112. The summed E-state index contributed by atoms with van der Waals surface area (Å²) in [6.45, 7) is 3.33. The third-order valence-corrected chi connectivity index (χ3v) is 4.37. The first-order valence-corrected chi connectivity index (χ1v) is 6.80. The van der Waals surface area contributed by atoms with E-state index in [0.717, 1.165) is 24.1 Å². The molecule has 2 aromatic rings. The third kappa shape index (κ3) is 1.83. The van der Waals surface area contributed by atoms with Crippen LogP contribution in [-0.2, 0) is 0 Å². The summed E-state index contributed by atoms with van der Waals surface area (Å²) in [5.74, 6) is 0.647. The highest BCUT2D eigenvalue weighted by Gasteiger charge is 2.38. The van der Waals surface area contributed by atoms with Gasteiger partial charge in [-0.1, -0.05) is 6.07 Å². The van der Waals surface area contributed by atoms with E-state index in [1.54, 1.807) is 6.26 Å². The molecule has 19 heavy (non-hydrogen) atoms. The molecule has 1 unspecified atom stereocenters. The summed E-state index contributed by atoms with van der Waals surface area (Å²) in [4.78, 5) is 14.7. The third-order valence-electron chi connectivity index (χ3n) is 4.37. The lowest BCUT2D eigenvalue weighted by Crippen LogP contribution is -2.43. The van der Waals surface area contributed by atoms with Crippen molar-refractivity contribution in [1.82, 2.24) is 10.2 Å². The number of furan rings is 1. The van der Waals surface area contributed by atoms with Crippen LogP contribution in [-0.4, -0.2) is 36.5 Å². The van der Waals surface area contributed by atoms with E-state index in [0.29, 0.717) is 17.5 Å². The summed E-state index contributed by atoms with van der Waals surface area (Å²) in [7, 11) is 0. The first kappa shape index (κ1) is 11.1. The number of fused-ring (bicyclic) bond motifs is 3. The molecule has 1 N–H and O–H groups in total. The Morgan fingerprint density at radius 2 is 2.26 bits per heavy atom. The van der Waals surface area contributed by atoms with Gasteiger partial charge in [0.2, 0.25) is 0 Å². The second kappa shape index (κ2) is 4.10. The van der Waals surface area contributed by atoms with Gasteiger partial charge >= 0.3 is 0 Å². The number of hydrogen-bond acceptors (Lipinski definition) is 3. The summed E-state index contributed by atoms with van der Waals surface area (Å²) in [5, 5.41) is 4.19. The topological polar surface area (TPSA) is 45.5 Å². The average Bonchev–Trinajstić information content (AvgIpc) is 3.13. The predicted molar refractivity (Wildman–Crippen MR) is 72.0 cm³/mol. The standard InChI is InChI=1S/C15H16N2O2/c18-15(16-13-9-17-5-3-12(13)8-17)11-2-1-10-4-6-19-14(10)7-11/h1-2,4,6-7,12-13H,3,5,8-9H2,(H,16,18)/t12-,13+/m0/s1. The fourth-order valence-electron chi connectivity index (χ4n) is 3.30. The van der Waals surface area contributed by atoms with Gasteiger partial charge in [-0.2, -0.15) is 0 Å². The number of carbonyl (C=O) groups excluding carboxylic acids is 1. The highest BCUT2D eigenvalue weighted by atomic mass is 16.3. The average molecular weight is 256 g/mol. The Morgan fingerprint density at radius 1 is 1.32 bits per heavy atom. The second-order valence-electron chi connectivity index (χ2n) is 5.56. The van der Waals surface area contributed by atoms with E-state index in [1.165, 1.54) is 13.0 Å². The van der Waals surface area contributed by atoms with Gasteiger partial charge in [0, 0.05) is 30.1 Å². The molecule has 0 aliphatic carbocycles. The van der Waals surface area contributed by atoms with Crippen LogP contribution in [0.5, 0.6) is 0 Å². The summed E-state index contributed by atoms with van der Waals surface area (Å²) in [5.41, 5.74) is 1.45. The van der Waals surface area contributed by atoms with Gasteiger partial charge in [0.1, 0.15) is 5.58 Å². The molecule has 4 heteroatoms. The fourth-order valence-corrected chi connectivity index (χ4v) is 3.30. The molecule has 4 nitrogen and oxygen atoms in total. The quantitative estimate of drug-likeness (QED) is 0.892. The molecule has 1 aromatic heterocycles. The van der Waals surface area contributed by atoms with Gasteiger partial charge in [-0.15, -0.1) is 0 Å². The van der Waals surface area contributed by atoms with E-state index in [1.807, 2.05) is 24.3 Å². The second-order valence-corrected chi connectivity index (χ2v) is 5.56. The molecule has 3 heterocycles. The Balaban J connectivity index is 1.53. The number of amides is 1. The van der Waals surface area contributed by atoms with Gasteiger partial charge in [0.05, 0.1) is 6.26 Å². The molecule has 4 rings (SSSR count). The molecule has 2 aliphatic rings. The Bertz CT molecular complexity index is 634. The zero-order valence-electron chi connectivity index (χ0n) is 10.6. The zero-order chi connectivity index (χ0) is 12.8. The lowest BCUT2D eigenvalue weighted by Gasteiger charge is -2.23. The van der Waals surface area contributed by atoms with Crippen molar-refractivity contribution >= 4 is 16.9 Å². The van der Waals surface area contributed by atoms with Crippen LogP contribution < -0.4 is 5.32 Å². The lowest BCUT2D eigenvalue weighted by atomic mass is 9.99. The van der Waals surface area contributed by atoms with Crippen LogP contribution in [0.4, 0.5) is 0 Å². The molecule has 2 aliphatic heterocycles. The first-order chi connectivity index (χ1) is 9.29. The van der Waals surface area contributed by atoms with Gasteiger partial charge in [-0.05, 0) is 37.1 Å². The zero-order valence-corrected chi connectivity index (χ0v) is 10.6. The number of nitrogens with one attached hydrogen (secondary N) is 1. The van der Waals surface area contributed by atoms with Crippen molar-refractivity contribution < 1.29 is 9.21 Å². The van der Waals surface area contributed by atoms with Crippen molar-refractivity contribution in [3.63, 3.8) is 0 Å². The van der Waals surface area contributed by atoms with E-state index in [4.69, 9.17) is 4.42 Å². The van der Waals surface area contributed by atoms with E-state index in [-0.39, 0.29) is 5.91 Å². The van der Waals surface area contributed by atoms with Crippen LogP contribution in [0.15, 0.2) is 34.9 Å². The van der Waals surface area contributed by atoms with Gasteiger partial charge in [-0.3, -0.25) is 4.79 Å². The van der Waals surface area contributed by atoms with Crippen molar-refractivity contribution in [3.05, 3.63) is 36.1 Å². The minimum Gasteiger partial charge on any atom is -0.464 e. The maximum atomic E-state index is 12.3. The highest BCUT2D eigenvalue weighted by molar-refractivity contribution is 5.97. The molecule has 0 spiro atoms. The van der Waals surface area contributed by atoms with Gasteiger partial charge in [0.15, 0.2) is 0 Å². The molecule has 0 radical (unpaired) electrons. The summed E-state index contributed by atoms with van der Waals surface area (Å²) >= 11 is 0. The Kier molecular flexibility index (Phi) is 2.38. The van der Waals surface area contributed by atoms with Crippen molar-refractivity contribution in [2.45, 2.75) is 12.5 Å². The maximum absolute atomic E-state index is 12.3. The SMILES string of the molecule is O=C(N[C@@H]1CN2CC[C@H]1C2)c1ccc2ccoc2c1. The fraction of sp³-hybridized carbons (Fsp3) is 0.400. The van der Waals surface area contributed by atoms with E-state index in [9.17, 15) is 4.79 Å². The molecule has 98 valence electrons. The van der Waals surface area contributed by atoms with Gasteiger partial charge in [-0.25, -0.2) is 0 Å². The number of nitrogens with zero attached hydrogens (tertiary/aromatic N) is 1.